The van der Waals surface area contributed by atoms with Crippen LogP contribution in [-0.4, -0.2) is 25.3 Å². The molecule has 0 N–H and O–H groups in total. The van der Waals surface area contributed by atoms with E-state index in [1.807, 2.05) is 0 Å². The number of hydrogen-bond acceptors (Lipinski definition) is 3. The van der Waals surface area contributed by atoms with E-state index >= 15 is 0 Å². The Bertz CT molecular complexity index is 518. The van der Waals surface area contributed by atoms with Crippen LogP contribution in [0.3, 0.4) is 0 Å². The topological polar surface area (TPSA) is 51.2 Å². The molecule has 0 heterocycles. The van der Waals surface area contributed by atoms with Crippen molar-refractivity contribution >= 4 is 44.4 Å². The number of rotatable bonds is 5. The molecule has 0 unspecified atom stereocenters. The Morgan fingerprint density at radius 3 is 2.29 bits per heavy atom. The molecule has 0 fully saturated rings. The summed E-state index contributed by atoms with van der Waals surface area (Å²) >= 11 is 10.5. The van der Waals surface area contributed by atoms with Crippen molar-refractivity contribution in [1.29, 1.82) is 0 Å². The molecule has 0 radical (unpaired) electrons. The average Bonchev–Trinajstić information content (AvgIpc) is 2.27. The second-order valence-electron chi connectivity index (χ2n) is 3.21. The van der Waals surface area contributed by atoms with Crippen molar-refractivity contribution in [2.45, 2.75) is 4.90 Å². The predicted molar refractivity (Wildman–Crippen MR) is 69.1 cm³/mol. The van der Waals surface area contributed by atoms with E-state index in [4.69, 9.17) is 23.2 Å². The Balaban J connectivity index is 2.92. The summed E-state index contributed by atoms with van der Waals surface area (Å²) in [5.41, 5.74) is 0.698. The smallest absolute Gasteiger partial charge is 0.245 e. The average molecular weight is 293 g/mol. The summed E-state index contributed by atoms with van der Waals surface area (Å²) in [5, 5.41) is -0.580. The van der Waals surface area contributed by atoms with Crippen molar-refractivity contribution in [3.63, 3.8) is 0 Å². The second-order valence-corrected chi connectivity index (χ2v) is 6.07. The first-order valence-corrected chi connectivity index (χ1v) is 7.28. The van der Waals surface area contributed by atoms with Crippen LogP contribution in [0.25, 0.3) is 6.08 Å². The van der Waals surface area contributed by atoms with E-state index in [9.17, 15) is 13.2 Å². The normalized spacial score (nSPS) is 11.9. The molecule has 6 heteroatoms. The fourth-order valence-corrected chi connectivity index (χ4v) is 2.83. The van der Waals surface area contributed by atoms with Crippen LogP contribution in [-0.2, 0) is 14.6 Å². The monoisotopic (exact) mass is 292 g/mol. The van der Waals surface area contributed by atoms with E-state index in [2.05, 4.69) is 0 Å². The van der Waals surface area contributed by atoms with E-state index in [1.165, 1.54) is 24.3 Å². The minimum atomic E-state index is -3.31. The van der Waals surface area contributed by atoms with Gasteiger partial charge in [0.25, 0.3) is 0 Å². The first kappa shape index (κ1) is 14.2. The van der Waals surface area contributed by atoms with Gasteiger partial charge in [-0.3, -0.25) is 4.79 Å². The molecular formula is C11H10Cl2O3S. The summed E-state index contributed by atoms with van der Waals surface area (Å²) in [5.74, 6) is -0.0331. The number of benzene rings is 1. The van der Waals surface area contributed by atoms with Gasteiger partial charge < -0.3 is 0 Å². The first-order chi connectivity index (χ1) is 7.95. The van der Waals surface area contributed by atoms with E-state index < -0.39 is 15.1 Å². The maximum Gasteiger partial charge on any atom is 0.245 e. The van der Waals surface area contributed by atoms with Gasteiger partial charge in [0.1, 0.15) is 0 Å². The van der Waals surface area contributed by atoms with E-state index in [-0.39, 0.29) is 16.5 Å². The van der Waals surface area contributed by atoms with Gasteiger partial charge in [0.15, 0.2) is 9.84 Å². The minimum absolute atomic E-state index is 0.0603. The highest BCUT2D eigenvalue weighted by atomic mass is 35.5. The van der Waals surface area contributed by atoms with Crippen LogP contribution in [0, 0.1) is 0 Å². The number of alkyl halides is 1. The van der Waals surface area contributed by atoms with Gasteiger partial charge in [-0.2, -0.15) is 0 Å². The molecule has 1 rings (SSSR count). The van der Waals surface area contributed by atoms with E-state index in [0.717, 1.165) is 0 Å². The van der Waals surface area contributed by atoms with Crippen molar-refractivity contribution in [1.82, 2.24) is 0 Å². The van der Waals surface area contributed by atoms with Crippen LogP contribution in [0.5, 0.6) is 0 Å². The maximum atomic E-state index is 11.6. The lowest BCUT2D eigenvalue weighted by molar-refractivity contribution is -0.107. The molecule has 0 atom stereocenters. The number of carbonyl (C=O) groups is 1. The third kappa shape index (κ3) is 4.50. The predicted octanol–water partition coefficient (Wildman–Crippen LogP) is 2.48. The van der Waals surface area contributed by atoms with Crippen molar-refractivity contribution < 1.29 is 13.2 Å². The maximum absolute atomic E-state index is 11.6. The number of allylic oxidation sites excluding steroid dienone is 1. The van der Waals surface area contributed by atoms with E-state index in [0.29, 0.717) is 5.56 Å². The van der Waals surface area contributed by atoms with Crippen molar-refractivity contribution in [3.05, 3.63) is 35.9 Å². The van der Waals surface area contributed by atoms with Gasteiger partial charge in [-0.25, -0.2) is 8.42 Å². The van der Waals surface area contributed by atoms with Gasteiger partial charge in [-0.05, 0) is 35.4 Å². The molecule has 0 aliphatic heterocycles. The molecule has 0 saturated carbocycles. The molecular weight excluding hydrogens is 283 g/mol. The second kappa shape index (κ2) is 6.19. The van der Waals surface area contributed by atoms with Gasteiger partial charge >= 0.3 is 0 Å². The third-order valence-electron chi connectivity index (χ3n) is 1.99. The van der Waals surface area contributed by atoms with Gasteiger partial charge in [0, 0.05) is 5.88 Å². The highest BCUT2D eigenvalue weighted by Gasteiger charge is 2.12. The van der Waals surface area contributed by atoms with Crippen LogP contribution >= 0.6 is 23.2 Å². The zero-order chi connectivity index (χ0) is 12.9. The summed E-state index contributed by atoms with van der Waals surface area (Å²) in [4.78, 5) is 10.7. The molecule has 3 nitrogen and oxygen atoms in total. The van der Waals surface area contributed by atoms with Gasteiger partial charge in [0.05, 0.1) is 10.6 Å². The highest BCUT2D eigenvalue weighted by molar-refractivity contribution is 7.91. The first-order valence-electron chi connectivity index (χ1n) is 4.72. The minimum Gasteiger partial charge on any atom is -0.276 e. The zero-order valence-corrected chi connectivity index (χ0v) is 11.1. The molecule has 0 aliphatic carbocycles. The molecule has 0 bridgehead atoms. The van der Waals surface area contributed by atoms with Crippen molar-refractivity contribution in [2.24, 2.45) is 0 Å². The molecule has 0 amide bonds. The Kier molecular flexibility index (Phi) is 5.18. The molecule has 0 aromatic heterocycles. The summed E-state index contributed by atoms with van der Waals surface area (Å²) in [6, 6.07) is 6.13. The number of hydrogen-bond donors (Lipinski definition) is 0. The largest absolute Gasteiger partial charge is 0.276 e. The molecule has 0 aliphatic rings. The highest BCUT2D eigenvalue weighted by Crippen LogP contribution is 2.13. The molecule has 0 spiro atoms. The molecule has 17 heavy (non-hydrogen) atoms. The Hall–Kier alpha value is -0.840. The number of sulfone groups is 1. The molecule has 1 aromatic carbocycles. The molecule has 92 valence electrons. The van der Waals surface area contributed by atoms with Gasteiger partial charge in [0.2, 0.25) is 5.24 Å². The van der Waals surface area contributed by atoms with E-state index in [1.54, 1.807) is 12.1 Å². The van der Waals surface area contributed by atoms with Crippen LogP contribution in [0.15, 0.2) is 35.2 Å². The third-order valence-corrected chi connectivity index (χ3v) is 4.26. The summed E-state index contributed by atoms with van der Waals surface area (Å²) in [6.07, 6.45) is 2.71. The number of carbonyl (C=O) groups excluding carboxylic acids is 1. The molecule has 0 saturated heterocycles. The quantitative estimate of drug-likeness (QED) is 0.476. The fourth-order valence-electron chi connectivity index (χ4n) is 1.17. The van der Waals surface area contributed by atoms with Crippen molar-refractivity contribution in [2.75, 3.05) is 11.6 Å². The SMILES string of the molecule is O=C(Cl)/C=C/c1ccc(S(=O)(=O)CCCl)cc1. The van der Waals surface area contributed by atoms with Gasteiger partial charge in [-0.1, -0.05) is 18.2 Å². The lowest BCUT2D eigenvalue weighted by atomic mass is 10.2. The Morgan fingerprint density at radius 2 is 1.82 bits per heavy atom. The van der Waals surface area contributed by atoms with Gasteiger partial charge in [-0.15, -0.1) is 11.6 Å². The summed E-state index contributed by atoms with van der Waals surface area (Å²) in [7, 11) is -3.31. The van der Waals surface area contributed by atoms with Crippen LogP contribution in [0.2, 0.25) is 0 Å². The van der Waals surface area contributed by atoms with Crippen molar-refractivity contribution in [3.8, 4) is 0 Å². The summed E-state index contributed by atoms with van der Waals surface area (Å²) in [6.45, 7) is 0. The van der Waals surface area contributed by atoms with Crippen LogP contribution in [0.1, 0.15) is 5.56 Å². The Labute approximate surface area is 110 Å². The fraction of sp³-hybridized carbons (Fsp3) is 0.182. The molecule has 1 aromatic rings. The standard InChI is InChI=1S/C11H10Cl2O3S/c12-7-8-17(15,16)10-4-1-9(2-5-10)3-6-11(13)14/h1-6H,7-8H2/b6-3+. The zero-order valence-electron chi connectivity index (χ0n) is 8.77. The Morgan fingerprint density at radius 1 is 1.24 bits per heavy atom. The number of halogens is 2. The van der Waals surface area contributed by atoms with Crippen LogP contribution in [0.4, 0.5) is 0 Å². The lowest BCUT2D eigenvalue weighted by Crippen LogP contribution is -2.07. The summed E-state index contributed by atoms with van der Waals surface area (Å²) < 4.78 is 23.3. The lowest BCUT2D eigenvalue weighted by Gasteiger charge is -2.02. The van der Waals surface area contributed by atoms with Crippen LogP contribution < -0.4 is 0 Å².